The van der Waals surface area contributed by atoms with E-state index in [1.807, 2.05) is 32.0 Å². The van der Waals surface area contributed by atoms with E-state index in [4.69, 9.17) is 4.42 Å². The molecule has 0 spiro atoms. The van der Waals surface area contributed by atoms with Crippen LogP contribution in [0.2, 0.25) is 0 Å². The topological polar surface area (TPSA) is 133 Å². The average Bonchev–Trinajstić information content (AvgIpc) is 3.27. The number of nitro groups is 1. The molecule has 3 rings (SSSR count). The molecule has 2 heterocycles. The molecule has 1 fully saturated rings. The van der Waals surface area contributed by atoms with E-state index in [0.29, 0.717) is 5.69 Å². The summed E-state index contributed by atoms with van der Waals surface area (Å²) < 4.78 is 4.97. The average molecular weight is 426 g/mol. The van der Waals surface area contributed by atoms with Crippen molar-refractivity contribution in [2.75, 3.05) is 11.9 Å². The second-order valence-electron chi connectivity index (χ2n) is 7.26. The Hall–Kier alpha value is -4.15. The molecule has 0 radical (unpaired) electrons. The molecule has 0 saturated carbocycles. The van der Waals surface area contributed by atoms with E-state index < -0.39 is 22.7 Å². The second kappa shape index (κ2) is 8.69. The zero-order valence-electron chi connectivity index (χ0n) is 17.2. The second-order valence-corrected chi connectivity index (χ2v) is 7.26. The van der Waals surface area contributed by atoms with Crippen molar-refractivity contribution in [2.45, 2.75) is 25.6 Å². The van der Waals surface area contributed by atoms with E-state index >= 15 is 0 Å². The zero-order valence-corrected chi connectivity index (χ0v) is 17.2. The van der Waals surface area contributed by atoms with Crippen LogP contribution in [0.1, 0.15) is 19.6 Å². The lowest BCUT2D eigenvalue weighted by Crippen LogP contribution is -2.57. The fraction of sp³-hybridized carbons (Fsp3) is 0.250. The van der Waals surface area contributed by atoms with Gasteiger partial charge in [-0.05, 0) is 44.2 Å². The van der Waals surface area contributed by atoms with Crippen molar-refractivity contribution in [1.29, 1.82) is 0 Å². The highest BCUT2D eigenvalue weighted by atomic mass is 16.6. The maximum absolute atomic E-state index is 12.8. The Morgan fingerprint density at radius 2 is 1.97 bits per heavy atom. The van der Waals surface area contributed by atoms with E-state index in [-0.39, 0.29) is 17.7 Å². The van der Waals surface area contributed by atoms with Crippen molar-refractivity contribution in [3.8, 4) is 0 Å². The molecule has 162 valence electrons. The predicted molar refractivity (Wildman–Crippen MR) is 115 cm³/mol. The van der Waals surface area contributed by atoms with Crippen LogP contribution in [-0.2, 0) is 0 Å². The molecule has 1 aliphatic rings. The van der Waals surface area contributed by atoms with E-state index in [9.17, 15) is 19.7 Å². The number of hydrogen-bond donors (Lipinski definition) is 2. The Balaban J connectivity index is 1.63. The highest BCUT2D eigenvalue weighted by Crippen LogP contribution is 2.33. The first-order valence-corrected chi connectivity index (χ1v) is 9.34. The summed E-state index contributed by atoms with van der Waals surface area (Å²) >= 11 is 0. The van der Waals surface area contributed by atoms with Gasteiger partial charge in [0.25, 0.3) is 0 Å². The van der Waals surface area contributed by atoms with E-state index in [1.54, 1.807) is 24.1 Å². The van der Waals surface area contributed by atoms with Crippen LogP contribution in [0.25, 0.3) is 6.08 Å². The monoisotopic (exact) mass is 426 g/mol. The van der Waals surface area contributed by atoms with Crippen molar-refractivity contribution in [2.24, 2.45) is 5.10 Å². The molecular weight excluding hydrogens is 404 g/mol. The van der Waals surface area contributed by atoms with Gasteiger partial charge in [0.05, 0.1) is 11.6 Å². The lowest BCUT2D eigenvalue weighted by atomic mass is 10.0. The number of urea groups is 2. The number of furan rings is 1. The number of nitrogens with one attached hydrogen (secondary N) is 2. The summed E-state index contributed by atoms with van der Waals surface area (Å²) in [5.74, 6) is -0.0916. The molecule has 1 aliphatic heterocycles. The van der Waals surface area contributed by atoms with E-state index in [1.165, 1.54) is 35.4 Å². The minimum absolute atomic E-state index is 0.236. The standard InChI is InChI=1S/C20H22N6O5/c1-20(2)17(25(19(28)24(20)3)14-8-5-4-6-9-14)22-18(27)23-21-13-7-10-15-11-12-16(31-15)26(29)30/h4-13,17H,1-3H3,(H2,22,23,27)/b10-7+,21-13+. The number of nitrogens with zero attached hydrogens (tertiary/aromatic N) is 4. The quantitative estimate of drug-likeness (QED) is 0.416. The summed E-state index contributed by atoms with van der Waals surface area (Å²) in [5, 5.41) is 17.2. The Morgan fingerprint density at radius 3 is 2.61 bits per heavy atom. The van der Waals surface area contributed by atoms with Crippen LogP contribution in [0.3, 0.4) is 0 Å². The number of rotatable bonds is 6. The number of anilines is 1. The number of carbonyl (C=O) groups is 2. The molecule has 2 aromatic rings. The molecule has 11 heteroatoms. The first-order valence-electron chi connectivity index (χ1n) is 9.34. The van der Waals surface area contributed by atoms with Crippen LogP contribution in [-0.4, -0.2) is 46.9 Å². The van der Waals surface area contributed by atoms with Gasteiger partial charge in [0, 0.05) is 18.9 Å². The summed E-state index contributed by atoms with van der Waals surface area (Å²) in [4.78, 5) is 38.2. The van der Waals surface area contributed by atoms with Gasteiger partial charge in [-0.2, -0.15) is 5.10 Å². The molecule has 1 saturated heterocycles. The first-order chi connectivity index (χ1) is 14.7. The van der Waals surface area contributed by atoms with Gasteiger partial charge in [0.2, 0.25) is 0 Å². The van der Waals surface area contributed by atoms with Gasteiger partial charge < -0.3 is 14.6 Å². The van der Waals surface area contributed by atoms with Crippen LogP contribution >= 0.6 is 0 Å². The summed E-state index contributed by atoms with van der Waals surface area (Å²) in [6.07, 6.45) is 3.57. The van der Waals surface area contributed by atoms with Gasteiger partial charge in [-0.15, -0.1) is 0 Å². The van der Waals surface area contributed by atoms with Crippen molar-refractivity contribution in [1.82, 2.24) is 15.6 Å². The highest BCUT2D eigenvalue weighted by molar-refractivity contribution is 5.97. The molecule has 0 bridgehead atoms. The lowest BCUT2D eigenvalue weighted by Gasteiger charge is -2.33. The minimum atomic E-state index is -0.679. The molecule has 1 atom stereocenters. The third kappa shape index (κ3) is 4.55. The summed E-state index contributed by atoms with van der Waals surface area (Å²) in [6, 6.07) is 10.9. The number of para-hydroxylation sites is 1. The van der Waals surface area contributed by atoms with Gasteiger partial charge >= 0.3 is 17.9 Å². The number of allylic oxidation sites excluding steroid dienone is 1. The van der Waals surface area contributed by atoms with E-state index in [0.717, 1.165) is 0 Å². The van der Waals surface area contributed by atoms with Gasteiger partial charge in [0.1, 0.15) is 16.8 Å². The summed E-state index contributed by atoms with van der Waals surface area (Å²) in [6.45, 7) is 3.71. The van der Waals surface area contributed by atoms with Crippen LogP contribution in [0.4, 0.5) is 21.2 Å². The highest BCUT2D eigenvalue weighted by Gasteiger charge is 2.51. The fourth-order valence-corrected chi connectivity index (χ4v) is 3.07. The van der Waals surface area contributed by atoms with Crippen LogP contribution < -0.4 is 15.6 Å². The third-order valence-corrected chi connectivity index (χ3v) is 4.97. The maximum Gasteiger partial charge on any atom is 0.433 e. The van der Waals surface area contributed by atoms with Crippen molar-refractivity contribution < 1.29 is 18.9 Å². The molecule has 11 nitrogen and oxygen atoms in total. The van der Waals surface area contributed by atoms with Crippen LogP contribution in [0, 0.1) is 10.1 Å². The normalized spacial score (nSPS) is 18.2. The summed E-state index contributed by atoms with van der Waals surface area (Å²) in [7, 11) is 1.68. The number of likely N-dealkylation sites (N-methyl/N-ethyl adjacent to an activating group) is 1. The molecule has 4 amide bonds. The Kier molecular flexibility index (Phi) is 6.05. The minimum Gasteiger partial charge on any atom is -0.401 e. The molecule has 1 unspecified atom stereocenters. The SMILES string of the molecule is CN1C(=O)N(c2ccccc2)C(NC(=O)N/N=C/C=C/c2ccc([N+](=O)[O-])o2)C1(C)C. The number of amides is 4. The van der Waals surface area contributed by atoms with Gasteiger partial charge in [0.15, 0.2) is 0 Å². The largest absolute Gasteiger partial charge is 0.433 e. The number of carbonyl (C=O) groups excluding carboxylic acids is 2. The number of hydrazone groups is 1. The van der Waals surface area contributed by atoms with E-state index in [2.05, 4.69) is 15.8 Å². The van der Waals surface area contributed by atoms with Crippen LogP contribution in [0.5, 0.6) is 0 Å². The molecule has 31 heavy (non-hydrogen) atoms. The Labute approximate surface area is 178 Å². The van der Waals surface area contributed by atoms with Gasteiger partial charge in [-0.1, -0.05) is 18.2 Å². The third-order valence-electron chi connectivity index (χ3n) is 4.97. The lowest BCUT2D eigenvalue weighted by molar-refractivity contribution is -0.402. The number of benzene rings is 1. The Bertz CT molecular complexity index is 1030. The van der Waals surface area contributed by atoms with Gasteiger partial charge in [-0.3, -0.25) is 15.0 Å². The first kappa shape index (κ1) is 21.6. The van der Waals surface area contributed by atoms with Crippen molar-refractivity contribution >= 4 is 35.9 Å². The predicted octanol–water partition coefficient (Wildman–Crippen LogP) is 3.16. The summed E-state index contributed by atoms with van der Waals surface area (Å²) in [5.41, 5.74) is 2.31. The fourth-order valence-electron chi connectivity index (χ4n) is 3.07. The molecule has 1 aromatic heterocycles. The smallest absolute Gasteiger partial charge is 0.401 e. The van der Waals surface area contributed by atoms with Crippen molar-refractivity contribution in [3.05, 3.63) is 64.4 Å². The zero-order chi connectivity index (χ0) is 22.6. The maximum atomic E-state index is 12.8. The van der Waals surface area contributed by atoms with Crippen molar-refractivity contribution in [3.63, 3.8) is 0 Å². The molecule has 0 aliphatic carbocycles. The molecule has 2 N–H and O–H groups in total. The van der Waals surface area contributed by atoms with Crippen LogP contribution in [0.15, 0.2) is 58.1 Å². The number of hydrogen-bond acceptors (Lipinski definition) is 6. The molecular formula is C20H22N6O5. The molecule has 1 aromatic carbocycles. The van der Waals surface area contributed by atoms with Gasteiger partial charge in [-0.25, -0.2) is 15.0 Å². The Morgan fingerprint density at radius 1 is 1.26 bits per heavy atom.